The van der Waals surface area contributed by atoms with Crippen molar-refractivity contribution in [3.05, 3.63) is 35.9 Å². The van der Waals surface area contributed by atoms with Crippen molar-refractivity contribution in [2.24, 2.45) is 23.0 Å². The van der Waals surface area contributed by atoms with Crippen LogP contribution in [0, 0.1) is 17.3 Å². The molecular weight excluding hydrogens is 260 g/mol. The van der Waals surface area contributed by atoms with Crippen LogP contribution in [0.2, 0.25) is 0 Å². The first kappa shape index (κ1) is 16.0. The molecule has 21 heavy (non-hydrogen) atoms. The Morgan fingerprint density at radius 1 is 1.29 bits per heavy atom. The van der Waals surface area contributed by atoms with Gasteiger partial charge in [-0.3, -0.25) is 4.79 Å². The van der Waals surface area contributed by atoms with Crippen molar-refractivity contribution in [1.29, 1.82) is 0 Å². The van der Waals surface area contributed by atoms with Crippen LogP contribution in [-0.2, 0) is 11.3 Å². The maximum atomic E-state index is 12.9. The maximum Gasteiger partial charge on any atom is 0.226 e. The van der Waals surface area contributed by atoms with Crippen molar-refractivity contribution in [3.8, 4) is 0 Å². The Labute approximate surface area is 128 Å². The fourth-order valence-electron chi connectivity index (χ4n) is 3.49. The van der Waals surface area contributed by atoms with E-state index in [2.05, 4.69) is 32.9 Å². The van der Waals surface area contributed by atoms with E-state index in [1.165, 1.54) is 5.56 Å². The third-order valence-electron chi connectivity index (χ3n) is 5.44. The lowest BCUT2D eigenvalue weighted by atomic mass is 9.60. The van der Waals surface area contributed by atoms with Crippen molar-refractivity contribution in [2.45, 2.75) is 46.2 Å². The molecule has 3 heteroatoms. The van der Waals surface area contributed by atoms with Crippen LogP contribution in [0.5, 0.6) is 0 Å². The van der Waals surface area contributed by atoms with Gasteiger partial charge in [0.1, 0.15) is 0 Å². The molecule has 1 saturated carbocycles. The highest BCUT2D eigenvalue weighted by Gasteiger charge is 2.45. The fourth-order valence-corrected chi connectivity index (χ4v) is 3.49. The van der Waals surface area contributed by atoms with Crippen molar-refractivity contribution in [2.75, 3.05) is 7.05 Å². The van der Waals surface area contributed by atoms with E-state index in [1.807, 2.05) is 30.1 Å². The van der Waals surface area contributed by atoms with Gasteiger partial charge in [-0.1, -0.05) is 51.1 Å². The maximum absolute atomic E-state index is 12.9. The number of carbonyl (C=O) groups is 1. The molecule has 2 rings (SSSR count). The summed E-state index contributed by atoms with van der Waals surface area (Å²) < 4.78 is 0. The number of hydrogen-bond acceptors (Lipinski definition) is 2. The van der Waals surface area contributed by atoms with Crippen LogP contribution in [0.25, 0.3) is 0 Å². The van der Waals surface area contributed by atoms with Crippen molar-refractivity contribution >= 4 is 5.91 Å². The minimum absolute atomic E-state index is 0.0420. The summed E-state index contributed by atoms with van der Waals surface area (Å²) >= 11 is 0. The van der Waals surface area contributed by atoms with E-state index in [9.17, 15) is 4.79 Å². The van der Waals surface area contributed by atoms with Gasteiger partial charge in [0.2, 0.25) is 5.91 Å². The van der Waals surface area contributed by atoms with Gasteiger partial charge in [-0.05, 0) is 29.7 Å². The van der Waals surface area contributed by atoms with Gasteiger partial charge >= 0.3 is 0 Å². The highest BCUT2D eigenvalue weighted by atomic mass is 16.2. The second kappa shape index (κ2) is 6.18. The van der Waals surface area contributed by atoms with Crippen molar-refractivity contribution in [1.82, 2.24) is 4.90 Å². The highest BCUT2D eigenvalue weighted by Crippen LogP contribution is 2.45. The normalized spacial score (nSPS) is 28.1. The van der Waals surface area contributed by atoms with Gasteiger partial charge in [-0.15, -0.1) is 0 Å². The predicted molar refractivity (Wildman–Crippen MR) is 86.6 cm³/mol. The molecule has 0 spiro atoms. The SMILES string of the molecule is CC1C(N)CCC(C(=O)N(C)Cc2ccccc2)C1(C)C. The van der Waals surface area contributed by atoms with Gasteiger partial charge in [0.25, 0.3) is 0 Å². The summed E-state index contributed by atoms with van der Waals surface area (Å²) in [6, 6.07) is 10.4. The standard InChI is InChI=1S/C18H28N2O/c1-13-16(19)11-10-15(18(13,2)3)17(21)20(4)12-14-8-6-5-7-9-14/h5-9,13,15-16H,10-12,19H2,1-4H3. The Bertz CT molecular complexity index is 483. The zero-order valence-corrected chi connectivity index (χ0v) is 13.7. The minimum atomic E-state index is -0.0420. The largest absolute Gasteiger partial charge is 0.341 e. The summed E-state index contributed by atoms with van der Waals surface area (Å²) in [5.74, 6) is 0.689. The Balaban J connectivity index is 2.08. The first-order valence-electron chi connectivity index (χ1n) is 7.88. The van der Waals surface area contributed by atoms with E-state index in [1.54, 1.807) is 0 Å². The first-order chi connectivity index (χ1) is 9.84. The van der Waals surface area contributed by atoms with Crippen LogP contribution in [0.15, 0.2) is 30.3 Å². The molecule has 0 aromatic heterocycles. The Morgan fingerprint density at radius 3 is 2.52 bits per heavy atom. The molecule has 3 unspecified atom stereocenters. The first-order valence-corrected chi connectivity index (χ1v) is 7.88. The molecule has 0 radical (unpaired) electrons. The summed E-state index contributed by atoms with van der Waals surface area (Å²) in [5.41, 5.74) is 7.32. The molecule has 3 atom stereocenters. The van der Waals surface area contributed by atoms with Gasteiger partial charge in [0.05, 0.1) is 0 Å². The molecule has 0 bridgehead atoms. The summed E-state index contributed by atoms with van der Waals surface area (Å²) in [5, 5.41) is 0. The quantitative estimate of drug-likeness (QED) is 0.929. The second-order valence-electron chi connectivity index (χ2n) is 7.08. The molecule has 1 aromatic carbocycles. The number of hydrogen-bond donors (Lipinski definition) is 1. The van der Waals surface area contributed by atoms with Crippen LogP contribution in [0.4, 0.5) is 0 Å². The predicted octanol–water partition coefficient (Wildman–Crippen LogP) is 3.04. The second-order valence-corrected chi connectivity index (χ2v) is 7.08. The molecule has 1 aliphatic rings. The third kappa shape index (κ3) is 3.29. The van der Waals surface area contributed by atoms with Crippen molar-refractivity contribution in [3.63, 3.8) is 0 Å². The smallest absolute Gasteiger partial charge is 0.226 e. The molecular formula is C18H28N2O. The summed E-state index contributed by atoms with van der Waals surface area (Å²) in [7, 11) is 1.91. The highest BCUT2D eigenvalue weighted by molar-refractivity contribution is 5.79. The molecule has 0 aliphatic heterocycles. The van der Waals surface area contributed by atoms with Gasteiger partial charge in [-0.2, -0.15) is 0 Å². The van der Waals surface area contributed by atoms with Crippen LogP contribution < -0.4 is 5.73 Å². The number of nitrogens with two attached hydrogens (primary N) is 1. The average molecular weight is 288 g/mol. The molecule has 3 nitrogen and oxygen atoms in total. The third-order valence-corrected chi connectivity index (χ3v) is 5.44. The van der Waals surface area contributed by atoms with Crippen LogP contribution in [0.3, 0.4) is 0 Å². The summed E-state index contributed by atoms with van der Waals surface area (Å²) in [4.78, 5) is 14.7. The van der Waals surface area contributed by atoms with Crippen LogP contribution in [0.1, 0.15) is 39.2 Å². The number of nitrogens with zero attached hydrogens (tertiary/aromatic N) is 1. The van der Waals surface area contributed by atoms with E-state index in [4.69, 9.17) is 5.73 Å². The topological polar surface area (TPSA) is 46.3 Å². The van der Waals surface area contributed by atoms with E-state index < -0.39 is 0 Å². The lowest BCUT2D eigenvalue weighted by Gasteiger charge is -2.47. The lowest BCUT2D eigenvalue weighted by molar-refractivity contribution is -0.142. The van der Waals surface area contributed by atoms with Gasteiger partial charge in [0.15, 0.2) is 0 Å². The molecule has 1 amide bonds. The lowest BCUT2D eigenvalue weighted by Crippen LogP contribution is -2.51. The van der Waals surface area contributed by atoms with Crippen LogP contribution in [-0.4, -0.2) is 23.9 Å². The fraction of sp³-hybridized carbons (Fsp3) is 0.611. The van der Waals surface area contributed by atoms with Crippen molar-refractivity contribution < 1.29 is 4.79 Å². The molecule has 1 fully saturated rings. The van der Waals surface area contributed by atoms with Gasteiger partial charge < -0.3 is 10.6 Å². The molecule has 116 valence electrons. The van der Waals surface area contributed by atoms with E-state index >= 15 is 0 Å². The molecule has 1 aliphatic carbocycles. The Kier molecular flexibility index (Phi) is 4.72. The molecule has 0 saturated heterocycles. The van der Waals surface area contributed by atoms with E-state index in [0.717, 1.165) is 12.8 Å². The summed E-state index contributed by atoms with van der Waals surface area (Å²) in [6.07, 6.45) is 1.84. The van der Waals surface area contributed by atoms with Crippen LogP contribution >= 0.6 is 0 Å². The summed E-state index contributed by atoms with van der Waals surface area (Å²) in [6.45, 7) is 7.24. The molecule has 1 aromatic rings. The zero-order chi connectivity index (χ0) is 15.6. The Hall–Kier alpha value is -1.35. The van der Waals surface area contributed by atoms with Gasteiger partial charge in [0, 0.05) is 25.6 Å². The number of amides is 1. The average Bonchev–Trinajstić information content (AvgIpc) is 2.45. The Morgan fingerprint density at radius 2 is 1.90 bits per heavy atom. The molecule has 0 heterocycles. The monoisotopic (exact) mass is 288 g/mol. The van der Waals surface area contributed by atoms with Gasteiger partial charge in [-0.25, -0.2) is 0 Å². The molecule has 2 N–H and O–H groups in total. The number of rotatable bonds is 3. The number of carbonyl (C=O) groups excluding carboxylic acids is 1. The van der Waals surface area contributed by atoms with E-state index in [-0.39, 0.29) is 23.3 Å². The zero-order valence-electron chi connectivity index (χ0n) is 13.7. The minimum Gasteiger partial charge on any atom is -0.341 e. The number of benzene rings is 1. The van der Waals surface area contributed by atoms with E-state index in [0.29, 0.717) is 12.5 Å².